The summed E-state index contributed by atoms with van der Waals surface area (Å²) >= 11 is 4.03. The number of hydrogen-bond acceptors (Lipinski definition) is 4. The summed E-state index contributed by atoms with van der Waals surface area (Å²) in [6.07, 6.45) is 1.23. The molecule has 0 radical (unpaired) electrons. The topological polar surface area (TPSA) is 66.8 Å². The van der Waals surface area contributed by atoms with Crippen LogP contribution in [0.3, 0.4) is 0 Å². The van der Waals surface area contributed by atoms with Gasteiger partial charge in [0.05, 0.1) is 6.10 Å². The third-order valence-corrected chi connectivity index (χ3v) is 3.07. The van der Waals surface area contributed by atoms with Crippen molar-refractivity contribution in [3.05, 3.63) is 0 Å². The Labute approximate surface area is 100 Å². The van der Waals surface area contributed by atoms with Crippen molar-refractivity contribution in [3.63, 3.8) is 0 Å². The van der Waals surface area contributed by atoms with Gasteiger partial charge < -0.3 is 14.7 Å². The van der Waals surface area contributed by atoms with E-state index in [4.69, 9.17) is 9.84 Å². The number of hydrogen-bond donors (Lipinski definition) is 2. The maximum atomic E-state index is 11.8. The zero-order valence-corrected chi connectivity index (χ0v) is 10.2. The van der Waals surface area contributed by atoms with Crippen molar-refractivity contribution >= 4 is 24.5 Å². The van der Waals surface area contributed by atoms with Gasteiger partial charge in [0.25, 0.3) is 0 Å². The molecule has 0 saturated carbocycles. The molecule has 1 saturated heterocycles. The van der Waals surface area contributed by atoms with Gasteiger partial charge in [-0.2, -0.15) is 12.6 Å². The van der Waals surface area contributed by atoms with E-state index in [2.05, 4.69) is 12.6 Å². The number of carboxylic acid groups (broad SMARTS) is 1. The van der Waals surface area contributed by atoms with Crippen LogP contribution in [0, 0.1) is 0 Å². The number of amides is 1. The van der Waals surface area contributed by atoms with Gasteiger partial charge in [-0.15, -0.1) is 0 Å². The van der Waals surface area contributed by atoms with E-state index >= 15 is 0 Å². The summed E-state index contributed by atoms with van der Waals surface area (Å²) in [7, 11) is 1.53. The zero-order chi connectivity index (χ0) is 12.1. The van der Waals surface area contributed by atoms with Crippen LogP contribution >= 0.6 is 12.6 Å². The summed E-state index contributed by atoms with van der Waals surface area (Å²) in [6, 6.07) is -0.739. The van der Waals surface area contributed by atoms with Crippen molar-refractivity contribution in [2.24, 2.45) is 0 Å². The summed E-state index contributed by atoms with van der Waals surface area (Å²) < 4.78 is 5.10. The van der Waals surface area contributed by atoms with E-state index in [0.29, 0.717) is 31.6 Å². The molecule has 0 aromatic carbocycles. The number of carbonyl (C=O) groups excluding carboxylic acids is 1. The molecule has 0 aliphatic carbocycles. The van der Waals surface area contributed by atoms with Crippen LogP contribution < -0.4 is 0 Å². The normalized spacial score (nSPS) is 24.8. The maximum Gasteiger partial charge on any atom is 0.326 e. The molecule has 2 atom stereocenters. The molecule has 0 bridgehead atoms. The summed E-state index contributed by atoms with van der Waals surface area (Å²) in [6.45, 7) is 0.374. The Morgan fingerprint density at radius 2 is 2.25 bits per heavy atom. The number of aliphatic carboxylic acids is 1. The quantitative estimate of drug-likeness (QED) is 0.690. The van der Waals surface area contributed by atoms with E-state index in [1.54, 1.807) is 0 Å². The Balaban J connectivity index is 2.61. The highest BCUT2D eigenvalue weighted by Crippen LogP contribution is 2.21. The number of carboxylic acids is 1. The van der Waals surface area contributed by atoms with Gasteiger partial charge in [0.15, 0.2) is 0 Å². The number of ether oxygens (including phenoxy) is 1. The monoisotopic (exact) mass is 247 g/mol. The van der Waals surface area contributed by atoms with Crippen LogP contribution in [0.5, 0.6) is 0 Å². The second-order valence-electron chi connectivity index (χ2n) is 3.82. The summed E-state index contributed by atoms with van der Waals surface area (Å²) in [5.41, 5.74) is 0. The van der Waals surface area contributed by atoms with Gasteiger partial charge in [0.2, 0.25) is 5.91 Å². The lowest BCUT2D eigenvalue weighted by atomic mass is 10.2. The van der Waals surface area contributed by atoms with E-state index in [-0.39, 0.29) is 12.0 Å². The molecule has 6 heteroatoms. The maximum absolute atomic E-state index is 11.8. The number of nitrogens with zero attached hydrogens (tertiary/aromatic N) is 1. The zero-order valence-electron chi connectivity index (χ0n) is 9.26. The van der Waals surface area contributed by atoms with Crippen molar-refractivity contribution in [1.29, 1.82) is 0 Å². The molecule has 92 valence electrons. The van der Waals surface area contributed by atoms with Crippen LogP contribution in [-0.2, 0) is 14.3 Å². The summed E-state index contributed by atoms with van der Waals surface area (Å²) in [5.74, 6) is -0.454. The smallest absolute Gasteiger partial charge is 0.326 e. The molecule has 1 amide bonds. The molecule has 1 unspecified atom stereocenters. The highest BCUT2D eigenvalue weighted by atomic mass is 32.1. The second kappa shape index (κ2) is 6.10. The van der Waals surface area contributed by atoms with E-state index in [9.17, 15) is 9.59 Å². The third kappa shape index (κ3) is 3.12. The lowest BCUT2D eigenvalue weighted by Crippen LogP contribution is -2.40. The number of rotatable bonds is 5. The first-order chi connectivity index (χ1) is 7.60. The van der Waals surface area contributed by atoms with Gasteiger partial charge in [0.1, 0.15) is 6.04 Å². The predicted molar refractivity (Wildman–Crippen MR) is 61.6 cm³/mol. The molecule has 1 N–H and O–H groups in total. The molecule has 1 aliphatic rings. The summed E-state index contributed by atoms with van der Waals surface area (Å²) in [4.78, 5) is 24.1. The average Bonchev–Trinajstić information content (AvgIpc) is 2.70. The molecule has 16 heavy (non-hydrogen) atoms. The molecule has 0 aromatic rings. The molecule has 1 heterocycles. The first-order valence-electron chi connectivity index (χ1n) is 5.26. The van der Waals surface area contributed by atoms with Crippen molar-refractivity contribution in [2.75, 3.05) is 19.4 Å². The fraction of sp³-hybridized carbons (Fsp3) is 0.800. The van der Waals surface area contributed by atoms with Crippen molar-refractivity contribution in [2.45, 2.75) is 31.4 Å². The average molecular weight is 247 g/mol. The molecular formula is C10H17NO4S. The highest BCUT2D eigenvalue weighted by molar-refractivity contribution is 7.80. The predicted octanol–water partition coefficient (Wildman–Crippen LogP) is 0.397. The molecule has 1 fully saturated rings. The summed E-state index contributed by atoms with van der Waals surface area (Å²) in [5, 5.41) is 9.01. The molecule has 1 rings (SSSR count). The van der Waals surface area contributed by atoms with Crippen LogP contribution in [0.2, 0.25) is 0 Å². The Kier molecular flexibility index (Phi) is 5.08. The van der Waals surface area contributed by atoms with E-state index in [0.717, 1.165) is 0 Å². The van der Waals surface area contributed by atoms with Crippen LogP contribution in [0.25, 0.3) is 0 Å². The van der Waals surface area contributed by atoms with Gasteiger partial charge in [-0.3, -0.25) is 4.79 Å². The molecule has 1 aliphatic heterocycles. The van der Waals surface area contributed by atoms with Gasteiger partial charge in [-0.25, -0.2) is 4.79 Å². The Hall–Kier alpha value is -0.750. The minimum atomic E-state index is -0.959. The number of methoxy groups -OCH3 is 1. The van der Waals surface area contributed by atoms with Crippen LogP contribution in [0.4, 0.5) is 0 Å². The Morgan fingerprint density at radius 3 is 2.75 bits per heavy atom. The number of likely N-dealkylation sites (tertiary alicyclic amines) is 1. The Bertz CT molecular complexity index is 272. The van der Waals surface area contributed by atoms with Crippen LogP contribution in [0.15, 0.2) is 0 Å². The van der Waals surface area contributed by atoms with Gasteiger partial charge in [0, 0.05) is 26.5 Å². The molecule has 0 aromatic heterocycles. The van der Waals surface area contributed by atoms with Crippen molar-refractivity contribution in [1.82, 2.24) is 4.90 Å². The lowest BCUT2D eigenvalue weighted by molar-refractivity contribution is -0.148. The molecule has 5 nitrogen and oxygen atoms in total. The first-order valence-corrected chi connectivity index (χ1v) is 5.89. The number of thiol groups is 1. The standard InChI is InChI=1S/C10H17NO4S/c1-15-7-5-8(10(13)14)11(6-7)9(12)3-2-4-16/h7-8,16H,2-6H2,1H3,(H,13,14)/t7?,8-/m0/s1. The first kappa shape index (κ1) is 13.3. The highest BCUT2D eigenvalue weighted by Gasteiger charge is 2.39. The van der Waals surface area contributed by atoms with Crippen molar-refractivity contribution in [3.8, 4) is 0 Å². The van der Waals surface area contributed by atoms with Gasteiger partial charge >= 0.3 is 5.97 Å². The molecule has 0 spiro atoms. The van der Waals surface area contributed by atoms with Gasteiger partial charge in [-0.1, -0.05) is 0 Å². The van der Waals surface area contributed by atoms with E-state index < -0.39 is 12.0 Å². The second-order valence-corrected chi connectivity index (χ2v) is 4.27. The lowest BCUT2D eigenvalue weighted by Gasteiger charge is -2.20. The minimum absolute atomic E-state index is 0.124. The van der Waals surface area contributed by atoms with Crippen LogP contribution in [0.1, 0.15) is 19.3 Å². The Morgan fingerprint density at radius 1 is 1.56 bits per heavy atom. The van der Waals surface area contributed by atoms with Crippen LogP contribution in [-0.4, -0.2) is 53.4 Å². The fourth-order valence-electron chi connectivity index (χ4n) is 1.85. The largest absolute Gasteiger partial charge is 0.480 e. The van der Waals surface area contributed by atoms with Crippen molar-refractivity contribution < 1.29 is 19.4 Å². The minimum Gasteiger partial charge on any atom is -0.480 e. The van der Waals surface area contributed by atoms with Gasteiger partial charge in [-0.05, 0) is 12.2 Å². The van der Waals surface area contributed by atoms with E-state index in [1.807, 2.05) is 0 Å². The fourth-order valence-corrected chi connectivity index (χ4v) is 2.01. The van der Waals surface area contributed by atoms with E-state index in [1.165, 1.54) is 12.0 Å². The SMILES string of the molecule is COC1C[C@@H](C(=O)O)N(C(=O)CCCS)C1. The number of carbonyl (C=O) groups is 2. The molecular weight excluding hydrogens is 230 g/mol. The third-order valence-electron chi connectivity index (χ3n) is 2.75.